The van der Waals surface area contributed by atoms with E-state index in [0.717, 1.165) is 12.1 Å². The van der Waals surface area contributed by atoms with E-state index >= 15 is 0 Å². The predicted molar refractivity (Wildman–Crippen MR) is 91.7 cm³/mol. The Morgan fingerprint density at radius 2 is 2.25 bits per heavy atom. The van der Waals surface area contributed by atoms with Crippen LogP contribution >= 0.6 is 23.5 Å². The number of benzene rings is 1. The number of para-hydroxylation sites is 1. The first-order valence-electron chi connectivity index (χ1n) is 7.16. The Hall–Kier alpha value is -0.710. The third-order valence-corrected chi connectivity index (χ3v) is 6.47. The summed E-state index contributed by atoms with van der Waals surface area (Å²) in [5.41, 5.74) is 2.41. The molecule has 1 saturated heterocycles. The van der Waals surface area contributed by atoms with Gasteiger partial charge in [0.05, 0.1) is 5.52 Å². The van der Waals surface area contributed by atoms with Crippen LogP contribution in [0.15, 0.2) is 36.5 Å². The number of fused-ring (bicyclic) bond motifs is 1. The summed E-state index contributed by atoms with van der Waals surface area (Å²) < 4.78 is 0. The van der Waals surface area contributed by atoms with Gasteiger partial charge in [0.25, 0.3) is 0 Å². The van der Waals surface area contributed by atoms with Crippen molar-refractivity contribution in [1.29, 1.82) is 0 Å². The van der Waals surface area contributed by atoms with Crippen LogP contribution in [0.25, 0.3) is 10.9 Å². The Morgan fingerprint density at radius 1 is 1.35 bits per heavy atom. The van der Waals surface area contributed by atoms with Crippen molar-refractivity contribution in [1.82, 2.24) is 10.3 Å². The minimum Gasteiger partial charge on any atom is -0.309 e. The maximum Gasteiger partial charge on any atom is 0.0702 e. The van der Waals surface area contributed by atoms with Crippen molar-refractivity contribution in [2.45, 2.75) is 18.2 Å². The van der Waals surface area contributed by atoms with Gasteiger partial charge in [-0.25, -0.2) is 0 Å². The minimum atomic E-state index is 0.412. The summed E-state index contributed by atoms with van der Waals surface area (Å²) in [5, 5.41) is 5.55. The van der Waals surface area contributed by atoms with Crippen molar-refractivity contribution in [3.63, 3.8) is 0 Å². The zero-order valence-electron chi connectivity index (χ0n) is 11.7. The van der Waals surface area contributed by atoms with Gasteiger partial charge in [0.15, 0.2) is 0 Å². The van der Waals surface area contributed by atoms with Gasteiger partial charge in [0.1, 0.15) is 0 Å². The molecule has 106 valence electrons. The monoisotopic (exact) mass is 304 g/mol. The van der Waals surface area contributed by atoms with E-state index < -0.39 is 0 Å². The van der Waals surface area contributed by atoms with Crippen LogP contribution < -0.4 is 5.32 Å². The lowest BCUT2D eigenvalue weighted by atomic mass is 10.0. The van der Waals surface area contributed by atoms with Gasteiger partial charge in [0.2, 0.25) is 0 Å². The highest BCUT2D eigenvalue weighted by Gasteiger charge is 2.25. The first kappa shape index (κ1) is 14.2. The van der Waals surface area contributed by atoms with E-state index in [4.69, 9.17) is 0 Å². The van der Waals surface area contributed by atoms with Crippen molar-refractivity contribution < 1.29 is 0 Å². The quantitative estimate of drug-likeness (QED) is 0.930. The van der Waals surface area contributed by atoms with Crippen LogP contribution in [0.2, 0.25) is 0 Å². The Kier molecular flexibility index (Phi) is 4.86. The standard InChI is InChI=1S/C16H20N2S2/c1-2-17-16(15-11-19-7-8-20-15)13-9-12-5-3-4-6-14(12)18-10-13/h3-6,9-10,15-17H,2,7-8,11H2,1H3. The van der Waals surface area contributed by atoms with E-state index in [2.05, 4.69) is 71.2 Å². The number of nitrogens with one attached hydrogen (secondary N) is 1. The molecule has 2 heterocycles. The maximum absolute atomic E-state index is 4.62. The Labute approximate surface area is 129 Å². The second kappa shape index (κ2) is 6.83. The summed E-state index contributed by atoms with van der Waals surface area (Å²) in [5.74, 6) is 3.78. The van der Waals surface area contributed by atoms with E-state index in [1.54, 1.807) is 0 Å². The third kappa shape index (κ3) is 3.13. The fourth-order valence-electron chi connectivity index (χ4n) is 2.64. The van der Waals surface area contributed by atoms with Gasteiger partial charge in [-0.15, -0.1) is 0 Å². The number of hydrogen-bond acceptors (Lipinski definition) is 4. The molecule has 3 rings (SSSR count). The molecule has 1 fully saturated rings. The van der Waals surface area contributed by atoms with Crippen LogP contribution in [0, 0.1) is 0 Å². The molecule has 2 unspecified atom stereocenters. The number of thioether (sulfide) groups is 2. The van der Waals surface area contributed by atoms with Crippen molar-refractivity contribution in [3.8, 4) is 0 Å². The Balaban J connectivity index is 1.91. The SMILES string of the molecule is CCNC(c1cnc2ccccc2c1)C1CSCCS1. The number of nitrogens with zero attached hydrogens (tertiary/aromatic N) is 1. The molecule has 1 aliphatic rings. The largest absolute Gasteiger partial charge is 0.309 e. The van der Waals surface area contributed by atoms with E-state index in [1.807, 2.05) is 6.07 Å². The lowest BCUT2D eigenvalue weighted by Crippen LogP contribution is -2.33. The zero-order valence-corrected chi connectivity index (χ0v) is 13.3. The van der Waals surface area contributed by atoms with Gasteiger partial charge in [-0.2, -0.15) is 23.5 Å². The number of pyridine rings is 1. The number of hydrogen-bond donors (Lipinski definition) is 1. The molecular weight excluding hydrogens is 284 g/mol. The van der Waals surface area contributed by atoms with Crippen LogP contribution in [0.5, 0.6) is 0 Å². The molecule has 0 spiro atoms. The average molecular weight is 304 g/mol. The van der Waals surface area contributed by atoms with Gasteiger partial charge in [-0.1, -0.05) is 25.1 Å². The summed E-state index contributed by atoms with van der Waals surface area (Å²) in [6.07, 6.45) is 2.05. The molecular formula is C16H20N2S2. The molecule has 2 aromatic rings. The fraction of sp³-hybridized carbons (Fsp3) is 0.438. The molecule has 2 nitrogen and oxygen atoms in total. The van der Waals surface area contributed by atoms with Crippen molar-refractivity contribution in [2.24, 2.45) is 0 Å². The van der Waals surface area contributed by atoms with Gasteiger partial charge in [0, 0.05) is 40.1 Å². The summed E-state index contributed by atoms with van der Waals surface area (Å²) in [7, 11) is 0. The van der Waals surface area contributed by atoms with Crippen LogP contribution in [-0.2, 0) is 0 Å². The smallest absolute Gasteiger partial charge is 0.0702 e. The highest BCUT2D eigenvalue weighted by atomic mass is 32.2. The molecule has 1 aromatic heterocycles. The number of rotatable bonds is 4. The normalized spacial score (nSPS) is 20.9. The Bertz CT molecular complexity index is 567. The molecule has 0 radical (unpaired) electrons. The summed E-state index contributed by atoms with van der Waals surface area (Å²) in [6, 6.07) is 11.1. The van der Waals surface area contributed by atoms with Gasteiger partial charge >= 0.3 is 0 Å². The third-order valence-electron chi connectivity index (χ3n) is 3.61. The molecule has 0 aliphatic carbocycles. The molecule has 0 saturated carbocycles. The number of aromatic nitrogens is 1. The zero-order chi connectivity index (χ0) is 13.8. The fourth-order valence-corrected chi connectivity index (χ4v) is 5.51. The molecule has 0 amide bonds. The topological polar surface area (TPSA) is 24.9 Å². The Morgan fingerprint density at radius 3 is 3.05 bits per heavy atom. The minimum absolute atomic E-state index is 0.412. The molecule has 1 N–H and O–H groups in total. The molecule has 2 atom stereocenters. The lowest BCUT2D eigenvalue weighted by molar-refractivity contribution is 0.550. The summed E-state index contributed by atoms with van der Waals surface area (Å²) in [6.45, 7) is 3.18. The summed E-state index contributed by atoms with van der Waals surface area (Å²) >= 11 is 4.17. The van der Waals surface area contributed by atoms with Crippen LogP contribution in [0.1, 0.15) is 18.5 Å². The van der Waals surface area contributed by atoms with Crippen LogP contribution in [-0.4, -0.2) is 34.0 Å². The highest BCUT2D eigenvalue weighted by molar-refractivity contribution is 8.06. The average Bonchev–Trinajstić information content (AvgIpc) is 2.53. The van der Waals surface area contributed by atoms with Gasteiger partial charge < -0.3 is 5.32 Å². The van der Waals surface area contributed by atoms with Crippen LogP contribution in [0.3, 0.4) is 0 Å². The highest BCUT2D eigenvalue weighted by Crippen LogP contribution is 2.34. The second-order valence-electron chi connectivity index (χ2n) is 4.98. The van der Waals surface area contributed by atoms with Crippen molar-refractivity contribution in [3.05, 3.63) is 42.1 Å². The molecule has 20 heavy (non-hydrogen) atoms. The summed E-state index contributed by atoms with van der Waals surface area (Å²) in [4.78, 5) is 4.62. The van der Waals surface area contributed by atoms with Crippen LogP contribution in [0.4, 0.5) is 0 Å². The predicted octanol–water partition coefficient (Wildman–Crippen LogP) is 3.73. The molecule has 0 bridgehead atoms. The van der Waals surface area contributed by atoms with E-state index in [9.17, 15) is 0 Å². The molecule has 4 heteroatoms. The van der Waals surface area contributed by atoms with Gasteiger partial charge in [-0.3, -0.25) is 4.98 Å². The van der Waals surface area contributed by atoms with E-state index in [1.165, 1.54) is 28.2 Å². The van der Waals surface area contributed by atoms with E-state index in [-0.39, 0.29) is 0 Å². The van der Waals surface area contributed by atoms with Gasteiger partial charge in [-0.05, 0) is 24.2 Å². The first-order chi connectivity index (χ1) is 9.88. The molecule has 1 aliphatic heterocycles. The lowest BCUT2D eigenvalue weighted by Gasteiger charge is -2.30. The molecule has 1 aromatic carbocycles. The van der Waals surface area contributed by atoms with Crippen molar-refractivity contribution in [2.75, 3.05) is 23.8 Å². The second-order valence-corrected chi connectivity index (χ2v) is 7.48. The maximum atomic E-state index is 4.62. The first-order valence-corrected chi connectivity index (χ1v) is 9.36. The van der Waals surface area contributed by atoms with Crippen molar-refractivity contribution >= 4 is 34.4 Å². The van der Waals surface area contributed by atoms with E-state index in [0.29, 0.717) is 11.3 Å².